The maximum atomic E-state index is 15.1. The lowest BCUT2D eigenvalue weighted by molar-refractivity contribution is -0.142. The summed E-state index contributed by atoms with van der Waals surface area (Å²) in [4.78, 5) is 8.79. The van der Waals surface area contributed by atoms with Crippen LogP contribution >= 0.6 is 0 Å². The van der Waals surface area contributed by atoms with Gasteiger partial charge in [-0.15, -0.1) is 0 Å². The van der Waals surface area contributed by atoms with Crippen LogP contribution in [-0.4, -0.2) is 23.7 Å². The van der Waals surface area contributed by atoms with Crippen molar-refractivity contribution in [1.82, 2.24) is 9.97 Å². The van der Waals surface area contributed by atoms with Gasteiger partial charge in [-0.2, -0.15) is 13.2 Å². The van der Waals surface area contributed by atoms with E-state index in [9.17, 15) is 22.0 Å². The monoisotopic (exact) mass is 504 g/mol. The number of methoxy groups -OCH3 is 1. The molecule has 3 nitrogen and oxygen atoms in total. The van der Waals surface area contributed by atoms with Crippen molar-refractivity contribution in [1.29, 1.82) is 0 Å². The zero-order valence-corrected chi connectivity index (χ0v) is 19.3. The fraction of sp³-hybridized carbons (Fsp3) is 0.259. The van der Waals surface area contributed by atoms with Crippen molar-refractivity contribution in [2.24, 2.45) is 0 Å². The van der Waals surface area contributed by atoms with Crippen molar-refractivity contribution in [3.8, 4) is 11.4 Å². The number of rotatable bonds is 8. The number of alkyl halides is 3. The first kappa shape index (κ1) is 25.6. The maximum absolute atomic E-state index is 15.1. The van der Waals surface area contributed by atoms with Crippen LogP contribution in [-0.2, 0) is 30.2 Å². The first-order chi connectivity index (χ1) is 17.2. The lowest BCUT2D eigenvalue weighted by atomic mass is 9.98. The van der Waals surface area contributed by atoms with Gasteiger partial charge in [0.05, 0.1) is 0 Å². The Morgan fingerprint density at radius 3 is 2.14 bits per heavy atom. The summed E-state index contributed by atoms with van der Waals surface area (Å²) in [7, 11) is 1.65. The zero-order valence-electron chi connectivity index (χ0n) is 19.3. The lowest BCUT2D eigenvalue weighted by Gasteiger charge is -2.12. The molecule has 0 atom stereocenters. The molecule has 1 aromatic heterocycles. The highest BCUT2D eigenvalue weighted by Crippen LogP contribution is 2.34. The van der Waals surface area contributed by atoms with Crippen LogP contribution < -0.4 is 0 Å². The summed E-state index contributed by atoms with van der Waals surface area (Å²) in [5, 5.41) is 0.963. The summed E-state index contributed by atoms with van der Waals surface area (Å²) in [5.74, 6) is -3.37. The Morgan fingerprint density at radius 1 is 0.806 bits per heavy atom. The summed E-state index contributed by atoms with van der Waals surface area (Å²) in [5.41, 5.74) is 0.0702. The zero-order chi connectivity index (χ0) is 25.9. The van der Waals surface area contributed by atoms with Crippen LogP contribution in [0.5, 0.6) is 0 Å². The molecule has 0 unspecified atom stereocenters. The van der Waals surface area contributed by atoms with Crippen molar-refractivity contribution in [3.05, 3.63) is 94.6 Å². The van der Waals surface area contributed by atoms with Gasteiger partial charge in [0.15, 0.2) is 5.82 Å². The largest absolute Gasteiger partial charge is 0.422 e. The summed E-state index contributed by atoms with van der Waals surface area (Å²) < 4.78 is 86.2. The highest BCUT2D eigenvalue weighted by Gasteiger charge is 2.37. The Bertz CT molecular complexity index is 1350. The smallest absolute Gasteiger partial charge is 0.385 e. The highest BCUT2D eigenvalue weighted by molar-refractivity contribution is 5.87. The Kier molecular flexibility index (Phi) is 7.59. The van der Waals surface area contributed by atoms with Gasteiger partial charge in [0.25, 0.3) is 0 Å². The fourth-order valence-electron chi connectivity index (χ4n) is 4.04. The Labute approximate surface area is 203 Å². The molecule has 9 heteroatoms. The van der Waals surface area contributed by atoms with Crippen molar-refractivity contribution >= 4 is 10.8 Å². The normalized spacial score (nSPS) is 11.9. The van der Waals surface area contributed by atoms with Gasteiger partial charge in [0.2, 0.25) is 0 Å². The summed E-state index contributed by atoms with van der Waals surface area (Å²) >= 11 is 0. The van der Waals surface area contributed by atoms with Gasteiger partial charge in [-0.25, -0.2) is 23.1 Å². The van der Waals surface area contributed by atoms with Crippen LogP contribution in [0.4, 0.5) is 26.3 Å². The van der Waals surface area contributed by atoms with Crippen molar-refractivity contribution < 1.29 is 31.1 Å². The number of fused-ring (bicyclic) bond motifs is 1. The molecule has 0 aliphatic carbocycles. The number of halogens is 6. The van der Waals surface area contributed by atoms with Crippen molar-refractivity contribution in [3.63, 3.8) is 0 Å². The molecule has 0 amide bonds. The first-order valence-electron chi connectivity index (χ1n) is 11.2. The molecule has 3 aromatic carbocycles. The third-order valence-corrected chi connectivity index (χ3v) is 5.88. The Morgan fingerprint density at radius 2 is 1.50 bits per heavy atom. The molecule has 0 N–H and O–H groups in total. The van der Waals surface area contributed by atoms with Gasteiger partial charge in [-0.05, 0) is 66.0 Å². The van der Waals surface area contributed by atoms with Gasteiger partial charge in [-0.1, -0.05) is 24.3 Å². The van der Waals surface area contributed by atoms with E-state index in [2.05, 4.69) is 9.97 Å². The van der Waals surface area contributed by atoms with Crippen molar-refractivity contribution in [2.45, 2.75) is 31.9 Å². The summed E-state index contributed by atoms with van der Waals surface area (Å²) in [6.45, 7) is 0.651. The number of hydrogen-bond donors (Lipinski definition) is 0. The molecular formula is C27H22F6N2O. The molecule has 0 fully saturated rings. The van der Waals surface area contributed by atoms with Crippen molar-refractivity contribution in [2.75, 3.05) is 13.7 Å². The molecular weight excluding hydrogens is 482 g/mol. The van der Waals surface area contributed by atoms with Gasteiger partial charge < -0.3 is 4.74 Å². The topological polar surface area (TPSA) is 35.0 Å². The number of benzene rings is 3. The van der Waals surface area contributed by atoms with E-state index < -0.39 is 29.2 Å². The van der Waals surface area contributed by atoms with Crippen LogP contribution in [0.1, 0.15) is 28.7 Å². The van der Waals surface area contributed by atoms with Crippen LogP contribution in [0.2, 0.25) is 0 Å². The SMILES string of the molecule is COCCCc1cnc(-c2ccc3c(F)c(CCc4cc(F)c(C(F)(F)F)c(F)c4)ccc3c2)nc1. The van der Waals surface area contributed by atoms with E-state index in [0.29, 0.717) is 40.9 Å². The number of aryl methyl sites for hydroxylation is 3. The molecule has 0 bridgehead atoms. The van der Waals surface area contributed by atoms with E-state index in [1.165, 1.54) is 0 Å². The molecule has 0 aliphatic rings. The van der Waals surface area contributed by atoms with Gasteiger partial charge >= 0.3 is 6.18 Å². The average Bonchev–Trinajstić information content (AvgIpc) is 2.83. The second-order valence-electron chi connectivity index (χ2n) is 8.42. The quantitative estimate of drug-likeness (QED) is 0.190. The second-order valence-corrected chi connectivity index (χ2v) is 8.42. The minimum atomic E-state index is -5.13. The van der Waals surface area contributed by atoms with E-state index >= 15 is 4.39 Å². The molecule has 0 saturated heterocycles. The van der Waals surface area contributed by atoms with E-state index in [-0.39, 0.29) is 24.0 Å². The van der Waals surface area contributed by atoms with Crippen LogP contribution in [0.25, 0.3) is 22.2 Å². The average molecular weight is 504 g/mol. The van der Waals surface area contributed by atoms with E-state index in [0.717, 1.165) is 18.4 Å². The number of hydrogen-bond acceptors (Lipinski definition) is 3. The Balaban J connectivity index is 1.51. The summed E-state index contributed by atoms with van der Waals surface area (Å²) in [6.07, 6.45) is 0.0499. The molecule has 4 rings (SSSR count). The molecule has 1 heterocycles. The molecule has 4 aromatic rings. The predicted octanol–water partition coefficient (Wildman–Crippen LogP) is 7.10. The minimum absolute atomic E-state index is 0.00987. The standard InChI is InChI=1S/C27H22F6N2O/c1-36-10-2-3-17-14-34-26(35-15-17)20-8-9-21-19(13-20)7-6-18(25(21)30)5-4-16-11-22(28)24(23(29)12-16)27(31,32)33/h6-9,11-15H,2-5,10H2,1H3. The molecule has 188 valence electrons. The molecule has 0 saturated carbocycles. The Hall–Kier alpha value is -3.46. The van der Waals surface area contributed by atoms with Crippen LogP contribution in [0, 0.1) is 17.5 Å². The second kappa shape index (κ2) is 10.7. The predicted molar refractivity (Wildman–Crippen MR) is 124 cm³/mol. The third kappa shape index (κ3) is 5.67. The molecule has 0 spiro atoms. The van der Waals surface area contributed by atoms with Crippen LogP contribution in [0.15, 0.2) is 54.9 Å². The maximum Gasteiger partial charge on any atom is 0.422 e. The first-order valence-corrected chi connectivity index (χ1v) is 11.2. The minimum Gasteiger partial charge on any atom is -0.385 e. The fourth-order valence-corrected chi connectivity index (χ4v) is 4.04. The molecule has 36 heavy (non-hydrogen) atoms. The number of aromatic nitrogens is 2. The highest BCUT2D eigenvalue weighted by atomic mass is 19.4. The van der Waals surface area contributed by atoms with Gasteiger partial charge in [0.1, 0.15) is 23.0 Å². The third-order valence-electron chi connectivity index (χ3n) is 5.88. The van der Waals surface area contributed by atoms with Crippen LogP contribution in [0.3, 0.4) is 0 Å². The van der Waals surface area contributed by atoms with E-state index in [1.54, 1.807) is 49.8 Å². The van der Waals surface area contributed by atoms with Gasteiger partial charge in [-0.3, -0.25) is 0 Å². The van der Waals surface area contributed by atoms with Gasteiger partial charge in [0, 0.05) is 37.1 Å². The lowest BCUT2D eigenvalue weighted by Crippen LogP contribution is -2.12. The summed E-state index contributed by atoms with van der Waals surface area (Å²) in [6, 6.07) is 9.62. The number of nitrogens with zero attached hydrogens (tertiary/aromatic N) is 2. The van der Waals surface area contributed by atoms with E-state index in [4.69, 9.17) is 4.74 Å². The molecule has 0 aliphatic heterocycles. The number of ether oxygens (including phenoxy) is 1. The molecule has 0 radical (unpaired) electrons. The van der Waals surface area contributed by atoms with E-state index in [1.807, 2.05) is 0 Å².